The van der Waals surface area contributed by atoms with Crippen molar-refractivity contribution in [3.8, 4) is 0 Å². The van der Waals surface area contributed by atoms with Crippen molar-refractivity contribution in [3.05, 3.63) is 12.3 Å². The average Bonchev–Trinajstić information content (AvgIpc) is 2.12. The molecule has 0 amide bonds. The average molecular weight is 197 g/mol. The highest BCUT2D eigenvalue weighted by Gasteiger charge is 2.20. The molecule has 4 nitrogen and oxygen atoms in total. The summed E-state index contributed by atoms with van der Waals surface area (Å²) in [6.45, 7) is 7.76. The zero-order valence-corrected chi connectivity index (χ0v) is 8.78. The number of nitrogens with zero attached hydrogens (tertiary/aromatic N) is 2. The number of hydrazone groups is 1. The Bertz CT molecular complexity index is 213. The van der Waals surface area contributed by atoms with Gasteiger partial charge in [-0.1, -0.05) is 6.58 Å². The van der Waals surface area contributed by atoms with Gasteiger partial charge in [0.25, 0.3) is 0 Å². The maximum Gasteiger partial charge on any atom is 0.0697 e. The van der Waals surface area contributed by atoms with Crippen LogP contribution in [0.25, 0.3) is 0 Å². The van der Waals surface area contributed by atoms with Crippen molar-refractivity contribution in [3.63, 3.8) is 0 Å². The molecule has 0 spiro atoms. The lowest BCUT2D eigenvalue weighted by Gasteiger charge is -2.28. The molecule has 0 saturated heterocycles. The highest BCUT2D eigenvalue weighted by molar-refractivity contribution is 5.23. The third-order valence-electron chi connectivity index (χ3n) is 2.62. The fourth-order valence-electron chi connectivity index (χ4n) is 1.20. The Balaban J connectivity index is 2.22. The van der Waals surface area contributed by atoms with Crippen LogP contribution in [0.5, 0.6) is 0 Å². The van der Waals surface area contributed by atoms with Crippen LogP contribution in [0.3, 0.4) is 0 Å². The zero-order chi connectivity index (χ0) is 10.6. The normalized spacial score (nSPS) is 18.4. The summed E-state index contributed by atoms with van der Waals surface area (Å²) in [6.07, 6.45) is 4.01. The first-order chi connectivity index (χ1) is 6.65. The van der Waals surface area contributed by atoms with Crippen LogP contribution in [-0.4, -0.2) is 37.5 Å². The minimum Gasteiger partial charge on any atom is -0.376 e. The predicted molar refractivity (Wildman–Crippen MR) is 58.0 cm³/mol. The molecule has 0 aromatic rings. The highest BCUT2D eigenvalue weighted by atomic mass is 16.5. The van der Waals surface area contributed by atoms with Crippen molar-refractivity contribution in [2.45, 2.75) is 31.4 Å². The van der Waals surface area contributed by atoms with Gasteiger partial charge in [-0.3, -0.25) is 5.01 Å². The van der Waals surface area contributed by atoms with Gasteiger partial charge in [0, 0.05) is 19.5 Å². The minimum absolute atomic E-state index is 0.189. The van der Waals surface area contributed by atoms with Gasteiger partial charge in [0.2, 0.25) is 0 Å². The molecule has 1 aliphatic carbocycles. The van der Waals surface area contributed by atoms with Crippen LogP contribution in [0.15, 0.2) is 17.4 Å². The Morgan fingerprint density at radius 1 is 1.71 bits per heavy atom. The number of rotatable bonds is 6. The van der Waals surface area contributed by atoms with Crippen molar-refractivity contribution in [1.29, 1.82) is 0 Å². The smallest absolute Gasteiger partial charge is 0.0697 e. The summed E-state index contributed by atoms with van der Waals surface area (Å²) >= 11 is 0. The minimum atomic E-state index is -0.189. The summed E-state index contributed by atoms with van der Waals surface area (Å²) in [4.78, 5) is 0. The number of ether oxygens (including phenoxy) is 1. The van der Waals surface area contributed by atoms with E-state index in [0.29, 0.717) is 12.7 Å². The molecule has 0 unspecified atom stereocenters. The SMILES string of the molecule is C=NN(C)C(=C)[C@@H](N)COC1CCC1. The number of hydrogen-bond acceptors (Lipinski definition) is 4. The predicted octanol–water partition coefficient (Wildman–Crippen LogP) is 0.944. The van der Waals surface area contributed by atoms with E-state index < -0.39 is 0 Å². The summed E-state index contributed by atoms with van der Waals surface area (Å²) in [5.41, 5.74) is 6.60. The van der Waals surface area contributed by atoms with Crippen LogP contribution in [0.1, 0.15) is 19.3 Å². The van der Waals surface area contributed by atoms with Gasteiger partial charge in [0.15, 0.2) is 0 Å². The van der Waals surface area contributed by atoms with Gasteiger partial charge in [0.1, 0.15) is 0 Å². The molecule has 0 radical (unpaired) electrons. The lowest BCUT2D eigenvalue weighted by Crippen LogP contribution is -2.36. The van der Waals surface area contributed by atoms with Gasteiger partial charge in [-0.15, -0.1) is 0 Å². The van der Waals surface area contributed by atoms with Gasteiger partial charge >= 0.3 is 0 Å². The van der Waals surface area contributed by atoms with E-state index in [1.165, 1.54) is 6.42 Å². The van der Waals surface area contributed by atoms with Gasteiger partial charge in [-0.25, -0.2) is 0 Å². The number of hydrogen-bond donors (Lipinski definition) is 1. The Hall–Kier alpha value is -0.870. The molecule has 0 heterocycles. The molecule has 1 saturated carbocycles. The molecular formula is C10H19N3O. The third-order valence-corrected chi connectivity index (χ3v) is 2.62. The van der Waals surface area contributed by atoms with Gasteiger partial charge in [-0.2, -0.15) is 5.10 Å². The Labute approximate surface area is 85.4 Å². The van der Waals surface area contributed by atoms with E-state index in [9.17, 15) is 0 Å². The summed E-state index contributed by atoms with van der Waals surface area (Å²) < 4.78 is 5.58. The van der Waals surface area contributed by atoms with Crippen LogP contribution in [-0.2, 0) is 4.74 Å². The zero-order valence-electron chi connectivity index (χ0n) is 8.78. The largest absolute Gasteiger partial charge is 0.376 e. The van der Waals surface area contributed by atoms with Crippen LogP contribution in [0.2, 0.25) is 0 Å². The topological polar surface area (TPSA) is 50.8 Å². The van der Waals surface area contributed by atoms with E-state index in [-0.39, 0.29) is 6.04 Å². The first-order valence-corrected chi connectivity index (χ1v) is 4.91. The second-order valence-corrected chi connectivity index (χ2v) is 3.65. The summed E-state index contributed by atoms with van der Waals surface area (Å²) in [5.74, 6) is 0. The van der Waals surface area contributed by atoms with Gasteiger partial charge in [0.05, 0.1) is 18.8 Å². The Kier molecular flexibility index (Phi) is 4.10. The second-order valence-electron chi connectivity index (χ2n) is 3.65. The van der Waals surface area contributed by atoms with E-state index in [2.05, 4.69) is 18.4 Å². The van der Waals surface area contributed by atoms with Crippen molar-refractivity contribution in [2.75, 3.05) is 13.7 Å². The van der Waals surface area contributed by atoms with E-state index in [0.717, 1.165) is 18.5 Å². The Morgan fingerprint density at radius 3 is 2.79 bits per heavy atom. The highest BCUT2D eigenvalue weighted by Crippen LogP contribution is 2.22. The molecule has 1 fully saturated rings. The second kappa shape index (κ2) is 5.12. The maximum absolute atomic E-state index is 5.87. The number of likely N-dealkylation sites (N-methyl/N-ethyl adjacent to an activating group) is 1. The summed E-state index contributed by atoms with van der Waals surface area (Å²) in [7, 11) is 1.78. The van der Waals surface area contributed by atoms with E-state index in [1.807, 2.05) is 0 Å². The van der Waals surface area contributed by atoms with E-state index in [4.69, 9.17) is 10.5 Å². The molecule has 0 aromatic heterocycles. The van der Waals surface area contributed by atoms with Crippen LogP contribution in [0.4, 0.5) is 0 Å². The molecule has 14 heavy (non-hydrogen) atoms. The first-order valence-electron chi connectivity index (χ1n) is 4.91. The maximum atomic E-state index is 5.87. The molecule has 2 N–H and O–H groups in total. The molecular weight excluding hydrogens is 178 g/mol. The van der Waals surface area contributed by atoms with Crippen molar-refractivity contribution in [1.82, 2.24) is 5.01 Å². The monoisotopic (exact) mass is 197 g/mol. The lowest BCUT2D eigenvalue weighted by molar-refractivity contribution is -0.00271. The molecule has 80 valence electrons. The van der Waals surface area contributed by atoms with Crippen LogP contribution < -0.4 is 5.73 Å². The van der Waals surface area contributed by atoms with Crippen molar-refractivity contribution < 1.29 is 4.74 Å². The molecule has 0 bridgehead atoms. The van der Waals surface area contributed by atoms with Crippen LogP contribution >= 0.6 is 0 Å². The molecule has 4 heteroatoms. The Morgan fingerprint density at radius 2 is 2.36 bits per heavy atom. The molecule has 1 atom stereocenters. The van der Waals surface area contributed by atoms with Crippen molar-refractivity contribution >= 4 is 6.72 Å². The molecule has 0 aromatic carbocycles. The molecule has 1 rings (SSSR count). The summed E-state index contributed by atoms with van der Waals surface area (Å²) in [6, 6.07) is -0.189. The summed E-state index contributed by atoms with van der Waals surface area (Å²) in [5, 5.41) is 5.30. The third kappa shape index (κ3) is 2.82. The van der Waals surface area contributed by atoms with Gasteiger partial charge < -0.3 is 10.5 Å². The fourth-order valence-corrected chi connectivity index (χ4v) is 1.20. The van der Waals surface area contributed by atoms with E-state index >= 15 is 0 Å². The first kappa shape index (κ1) is 11.2. The molecule has 1 aliphatic rings. The van der Waals surface area contributed by atoms with Crippen molar-refractivity contribution in [2.24, 2.45) is 10.8 Å². The van der Waals surface area contributed by atoms with Gasteiger partial charge in [-0.05, 0) is 19.3 Å². The quantitative estimate of drug-likeness (QED) is 0.509. The fraction of sp³-hybridized carbons (Fsp3) is 0.700. The standard InChI is InChI=1S/C10H19N3O/c1-8(13(3)12-2)10(11)7-14-9-5-4-6-9/h9-10H,1-2,4-7,11H2,3H3/t10-/m0/s1. The van der Waals surface area contributed by atoms with E-state index in [1.54, 1.807) is 12.1 Å². The number of nitrogens with two attached hydrogens (primary N) is 1. The molecule has 0 aliphatic heterocycles. The van der Waals surface area contributed by atoms with Crippen LogP contribution in [0, 0.1) is 0 Å². The lowest BCUT2D eigenvalue weighted by atomic mass is 9.96.